The van der Waals surface area contributed by atoms with Crippen molar-refractivity contribution in [2.75, 3.05) is 7.11 Å². The summed E-state index contributed by atoms with van der Waals surface area (Å²) >= 11 is 0. The number of rotatable bonds is 3. The molecule has 96 valence electrons. The van der Waals surface area contributed by atoms with Gasteiger partial charge in [0, 0.05) is 7.11 Å². The Labute approximate surface area is 101 Å². The van der Waals surface area contributed by atoms with E-state index in [9.17, 15) is 4.79 Å². The second-order valence-corrected chi connectivity index (χ2v) is 4.74. The largest absolute Gasteiger partial charge is 0.375 e. The maximum absolute atomic E-state index is 10.9. The number of ether oxygens (including phenoxy) is 4. The zero-order valence-electron chi connectivity index (χ0n) is 10.5. The highest BCUT2D eigenvalue weighted by molar-refractivity contribution is 5.87. The minimum absolute atomic E-state index is 0.0253. The lowest BCUT2D eigenvalue weighted by Gasteiger charge is -2.23. The zero-order chi connectivity index (χ0) is 12.6. The van der Waals surface area contributed by atoms with E-state index in [-0.39, 0.29) is 24.1 Å². The molecule has 0 aliphatic carbocycles. The second kappa shape index (κ2) is 4.49. The fourth-order valence-electron chi connectivity index (χ4n) is 2.16. The molecule has 17 heavy (non-hydrogen) atoms. The molecule has 0 unspecified atom stereocenters. The molecule has 0 bridgehead atoms. The van der Waals surface area contributed by atoms with E-state index >= 15 is 0 Å². The molecule has 4 atom stereocenters. The van der Waals surface area contributed by atoms with Gasteiger partial charge in [0.05, 0.1) is 0 Å². The average Bonchev–Trinajstić information content (AvgIpc) is 2.65. The molecule has 5 heteroatoms. The van der Waals surface area contributed by atoms with Crippen LogP contribution in [0.25, 0.3) is 0 Å². The highest BCUT2D eigenvalue weighted by atomic mass is 16.8. The quantitative estimate of drug-likeness (QED) is 0.692. The van der Waals surface area contributed by atoms with Crippen molar-refractivity contribution in [1.29, 1.82) is 0 Å². The van der Waals surface area contributed by atoms with Crippen LogP contribution in [0.2, 0.25) is 0 Å². The zero-order valence-corrected chi connectivity index (χ0v) is 10.5. The third-order valence-electron chi connectivity index (χ3n) is 2.82. The third kappa shape index (κ3) is 2.57. The lowest BCUT2D eigenvalue weighted by atomic mass is 10.1. The van der Waals surface area contributed by atoms with Crippen molar-refractivity contribution in [1.82, 2.24) is 0 Å². The van der Waals surface area contributed by atoms with Crippen LogP contribution in [-0.2, 0) is 23.7 Å². The van der Waals surface area contributed by atoms with Gasteiger partial charge >= 0.3 is 0 Å². The summed E-state index contributed by atoms with van der Waals surface area (Å²) < 4.78 is 22.4. The molecule has 0 aromatic rings. The molecule has 5 nitrogen and oxygen atoms in total. The van der Waals surface area contributed by atoms with Gasteiger partial charge in [-0.25, -0.2) is 0 Å². The van der Waals surface area contributed by atoms with Crippen LogP contribution in [0.1, 0.15) is 20.8 Å². The van der Waals surface area contributed by atoms with E-state index in [1.807, 2.05) is 13.8 Å². The molecule has 2 fully saturated rings. The van der Waals surface area contributed by atoms with Crippen molar-refractivity contribution < 1.29 is 23.7 Å². The third-order valence-corrected chi connectivity index (χ3v) is 2.82. The van der Waals surface area contributed by atoms with E-state index in [1.54, 1.807) is 13.2 Å². The van der Waals surface area contributed by atoms with Crippen molar-refractivity contribution in [3.63, 3.8) is 0 Å². The number of hydrogen-bond donors (Lipinski definition) is 0. The standard InChI is InChI=1S/C12H18O5/c1-7(13)5-6-8-9(14-4)10-11(15-8)17-12(2,3)16-10/h5-6,8-11H,1-4H3/b6-5+/t8-,9-,10+,11-/m0/s1. The van der Waals surface area contributed by atoms with Crippen molar-refractivity contribution >= 4 is 5.78 Å². The Morgan fingerprint density at radius 1 is 1.35 bits per heavy atom. The molecule has 2 rings (SSSR count). The molecule has 2 saturated heterocycles. The Morgan fingerprint density at radius 3 is 2.65 bits per heavy atom. The van der Waals surface area contributed by atoms with Gasteiger partial charge in [-0.2, -0.15) is 0 Å². The molecular formula is C12H18O5. The maximum atomic E-state index is 10.9. The highest BCUT2D eigenvalue weighted by Gasteiger charge is 2.54. The summed E-state index contributed by atoms with van der Waals surface area (Å²) in [5.41, 5.74) is 0. The first-order valence-corrected chi connectivity index (χ1v) is 5.65. The highest BCUT2D eigenvalue weighted by Crippen LogP contribution is 2.38. The number of hydrogen-bond acceptors (Lipinski definition) is 5. The normalized spacial score (nSPS) is 39.8. The first kappa shape index (κ1) is 12.7. The van der Waals surface area contributed by atoms with Crippen LogP contribution in [0.5, 0.6) is 0 Å². The molecule has 0 aromatic heterocycles. The summed E-state index contributed by atoms with van der Waals surface area (Å²) in [6.45, 7) is 5.16. The lowest BCUT2D eigenvalue weighted by molar-refractivity contribution is -0.210. The van der Waals surface area contributed by atoms with Crippen LogP contribution >= 0.6 is 0 Å². The van der Waals surface area contributed by atoms with Gasteiger partial charge in [0.1, 0.15) is 18.3 Å². The maximum Gasteiger partial charge on any atom is 0.190 e. The van der Waals surface area contributed by atoms with Crippen molar-refractivity contribution in [2.24, 2.45) is 0 Å². The minimum atomic E-state index is -0.651. The van der Waals surface area contributed by atoms with Gasteiger partial charge in [0.25, 0.3) is 0 Å². The Morgan fingerprint density at radius 2 is 2.06 bits per heavy atom. The van der Waals surface area contributed by atoms with E-state index in [0.717, 1.165) is 0 Å². The molecule has 0 radical (unpaired) electrons. The fourth-order valence-corrected chi connectivity index (χ4v) is 2.16. The molecule has 0 aromatic carbocycles. The number of carbonyl (C=O) groups excluding carboxylic acids is 1. The Hall–Kier alpha value is -0.750. The Bertz CT molecular complexity index is 336. The monoisotopic (exact) mass is 242 g/mol. The Balaban J connectivity index is 2.08. The minimum Gasteiger partial charge on any atom is -0.375 e. The summed E-state index contributed by atoms with van der Waals surface area (Å²) in [6.07, 6.45) is 1.91. The van der Waals surface area contributed by atoms with Gasteiger partial charge < -0.3 is 18.9 Å². The van der Waals surface area contributed by atoms with Crippen molar-refractivity contribution in [2.45, 2.75) is 51.2 Å². The van der Waals surface area contributed by atoms with Gasteiger partial charge in [0.2, 0.25) is 0 Å². The van der Waals surface area contributed by atoms with Crippen LogP contribution in [0.3, 0.4) is 0 Å². The van der Waals surface area contributed by atoms with E-state index in [1.165, 1.54) is 13.0 Å². The predicted molar refractivity (Wildman–Crippen MR) is 59.3 cm³/mol. The smallest absolute Gasteiger partial charge is 0.190 e. The molecular weight excluding hydrogens is 224 g/mol. The number of methoxy groups -OCH3 is 1. The molecule has 2 aliphatic rings. The molecule has 0 spiro atoms. The van der Waals surface area contributed by atoms with Gasteiger partial charge in [-0.15, -0.1) is 0 Å². The SMILES string of the molecule is CO[C@@H]1[C@H]2OC(C)(C)O[C@@H]2O[C@H]1/C=C/C(C)=O. The fraction of sp³-hybridized carbons (Fsp3) is 0.750. The summed E-state index contributed by atoms with van der Waals surface area (Å²) in [4.78, 5) is 10.9. The number of ketones is 1. The molecule has 0 N–H and O–H groups in total. The summed E-state index contributed by atoms with van der Waals surface area (Å²) in [5, 5.41) is 0. The van der Waals surface area contributed by atoms with E-state index in [0.29, 0.717) is 0 Å². The van der Waals surface area contributed by atoms with Gasteiger partial charge in [-0.05, 0) is 32.9 Å². The molecule has 0 saturated carbocycles. The molecule has 0 amide bonds. The summed E-state index contributed by atoms with van der Waals surface area (Å²) in [7, 11) is 1.60. The van der Waals surface area contributed by atoms with Crippen LogP contribution in [0.15, 0.2) is 12.2 Å². The van der Waals surface area contributed by atoms with Crippen LogP contribution in [-0.4, -0.2) is 43.3 Å². The first-order chi connectivity index (χ1) is 7.93. The van der Waals surface area contributed by atoms with Crippen molar-refractivity contribution in [3.8, 4) is 0 Å². The Kier molecular flexibility index (Phi) is 3.36. The van der Waals surface area contributed by atoms with Gasteiger partial charge in [-0.1, -0.05) is 0 Å². The van der Waals surface area contributed by atoms with E-state index < -0.39 is 12.1 Å². The number of fused-ring (bicyclic) bond motifs is 1. The van der Waals surface area contributed by atoms with Crippen LogP contribution < -0.4 is 0 Å². The predicted octanol–water partition coefficient (Wildman–Crippen LogP) is 1.02. The first-order valence-electron chi connectivity index (χ1n) is 5.65. The molecule has 2 aliphatic heterocycles. The number of carbonyl (C=O) groups is 1. The van der Waals surface area contributed by atoms with E-state index in [2.05, 4.69) is 0 Å². The second-order valence-electron chi connectivity index (χ2n) is 4.74. The average molecular weight is 242 g/mol. The van der Waals surface area contributed by atoms with Gasteiger partial charge in [0.15, 0.2) is 17.9 Å². The summed E-state index contributed by atoms with van der Waals surface area (Å²) in [5.74, 6) is -0.677. The number of allylic oxidation sites excluding steroid dienone is 1. The van der Waals surface area contributed by atoms with Crippen molar-refractivity contribution in [3.05, 3.63) is 12.2 Å². The van der Waals surface area contributed by atoms with Crippen LogP contribution in [0, 0.1) is 0 Å². The summed E-state index contributed by atoms with van der Waals surface area (Å²) in [6, 6.07) is 0. The molecule has 2 heterocycles. The van der Waals surface area contributed by atoms with Crippen LogP contribution in [0.4, 0.5) is 0 Å². The van der Waals surface area contributed by atoms with Gasteiger partial charge in [-0.3, -0.25) is 4.79 Å². The topological polar surface area (TPSA) is 54.0 Å². The van der Waals surface area contributed by atoms with E-state index in [4.69, 9.17) is 18.9 Å². The lowest BCUT2D eigenvalue weighted by Crippen LogP contribution is -2.35.